The smallest absolute Gasteiger partial charge is 0.162 e. The number of nitrogens with one attached hydrogen (secondary N) is 1. The maximum absolute atomic E-state index is 13.7. The van der Waals surface area contributed by atoms with E-state index in [0.29, 0.717) is 0 Å². The van der Waals surface area contributed by atoms with Gasteiger partial charge in [-0.2, -0.15) is 0 Å². The summed E-state index contributed by atoms with van der Waals surface area (Å²) < 4.78 is 0. The zero-order valence-electron chi connectivity index (χ0n) is 18.9. The number of H-pyrrole nitrogens is 1. The maximum Gasteiger partial charge on any atom is 0.162 e. The number of aromatic amines is 1. The maximum atomic E-state index is 13.7. The highest BCUT2D eigenvalue weighted by Crippen LogP contribution is 2.50. The van der Waals surface area contributed by atoms with E-state index < -0.39 is 11.3 Å². The van der Waals surface area contributed by atoms with Crippen LogP contribution >= 0.6 is 0 Å². The number of hydrogen-bond acceptors (Lipinski definition) is 2. The van der Waals surface area contributed by atoms with Gasteiger partial charge < -0.3 is 4.98 Å². The van der Waals surface area contributed by atoms with Gasteiger partial charge in [0.25, 0.3) is 0 Å². The molecule has 1 fully saturated rings. The first kappa shape index (κ1) is 20.4. The van der Waals surface area contributed by atoms with Crippen molar-refractivity contribution in [2.24, 2.45) is 5.92 Å². The molecule has 1 unspecified atom stereocenters. The molecule has 1 heterocycles. The van der Waals surface area contributed by atoms with E-state index in [2.05, 4.69) is 37.0 Å². The van der Waals surface area contributed by atoms with Crippen LogP contribution in [0.4, 0.5) is 0 Å². The molecule has 0 spiro atoms. The monoisotopic (exact) mass is 421 g/mol. The first-order valence-electron chi connectivity index (χ1n) is 11.1. The van der Waals surface area contributed by atoms with Crippen molar-refractivity contribution >= 4 is 22.5 Å². The van der Waals surface area contributed by atoms with Gasteiger partial charge in [0.05, 0.1) is 5.92 Å². The molecule has 1 aliphatic carbocycles. The van der Waals surface area contributed by atoms with Crippen LogP contribution in [0.1, 0.15) is 46.4 Å². The molecule has 0 radical (unpaired) electrons. The van der Waals surface area contributed by atoms with Crippen molar-refractivity contribution in [3.63, 3.8) is 0 Å². The molecule has 1 N–H and O–H groups in total. The summed E-state index contributed by atoms with van der Waals surface area (Å²) in [7, 11) is 0. The van der Waals surface area contributed by atoms with Gasteiger partial charge in [0, 0.05) is 22.5 Å². The van der Waals surface area contributed by atoms with Crippen LogP contribution in [0.15, 0.2) is 72.8 Å². The topological polar surface area (TPSA) is 49.9 Å². The van der Waals surface area contributed by atoms with E-state index in [-0.39, 0.29) is 17.5 Å². The van der Waals surface area contributed by atoms with Crippen molar-refractivity contribution in [2.75, 3.05) is 0 Å². The zero-order valence-corrected chi connectivity index (χ0v) is 18.9. The number of aryl methyl sites for hydroxylation is 3. The average molecular weight is 422 g/mol. The molecule has 5 rings (SSSR count). The molecule has 4 aromatic rings. The molecule has 3 heteroatoms. The van der Waals surface area contributed by atoms with E-state index in [0.717, 1.165) is 38.9 Å². The summed E-state index contributed by atoms with van der Waals surface area (Å²) in [6.07, 6.45) is 0. The molecule has 0 saturated heterocycles. The van der Waals surface area contributed by atoms with Gasteiger partial charge in [0.1, 0.15) is 5.41 Å². The lowest BCUT2D eigenvalue weighted by molar-refractivity contribution is -0.153. The van der Waals surface area contributed by atoms with Crippen molar-refractivity contribution in [3.05, 3.63) is 106 Å². The van der Waals surface area contributed by atoms with Crippen molar-refractivity contribution in [3.8, 4) is 0 Å². The molecule has 1 saturated carbocycles. The summed E-state index contributed by atoms with van der Waals surface area (Å²) >= 11 is 0. The molecule has 0 amide bonds. The van der Waals surface area contributed by atoms with E-state index >= 15 is 0 Å². The molecule has 0 aliphatic heterocycles. The fraction of sp³-hybridized carbons (Fsp3) is 0.241. The molecule has 160 valence electrons. The van der Waals surface area contributed by atoms with Crippen molar-refractivity contribution in [2.45, 2.75) is 39.0 Å². The normalized spacial score (nSPS) is 21.6. The Morgan fingerprint density at radius 1 is 0.812 bits per heavy atom. The fourth-order valence-corrected chi connectivity index (χ4v) is 5.22. The summed E-state index contributed by atoms with van der Waals surface area (Å²) in [5.41, 5.74) is 6.06. The molecular formula is C29H27NO2. The minimum atomic E-state index is -1.08. The van der Waals surface area contributed by atoms with E-state index in [4.69, 9.17) is 0 Å². The Labute approximate surface area is 188 Å². The van der Waals surface area contributed by atoms with Gasteiger partial charge in [-0.05, 0) is 56.5 Å². The molecule has 1 aromatic heterocycles. The molecule has 3 aromatic carbocycles. The number of Topliss-reactive ketones (excluding diaryl/α,β-unsaturated/α-hetero) is 2. The van der Waals surface area contributed by atoms with E-state index in [1.165, 1.54) is 5.56 Å². The Bertz CT molecular complexity index is 1330. The molecule has 3 nitrogen and oxygen atoms in total. The van der Waals surface area contributed by atoms with Crippen LogP contribution in [0, 0.1) is 26.7 Å². The quantitative estimate of drug-likeness (QED) is 0.414. The highest BCUT2D eigenvalue weighted by Gasteiger charge is 2.62. The summed E-state index contributed by atoms with van der Waals surface area (Å²) in [4.78, 5) is 31.0. The second-order valence-electron chi connectivity index (χ2n) is 9.30. The summed E-state index contributed by atoms with van der Waals surface area (Å²) in [6.45, 7) is 7.94. The van der Waals surface area contributed by atoms with Crippen molar-refractivity contribution in [1.29, 1.82) is 0 Å². The van der Waals surface area contributed by atoms with Crippen LogP contribution < -0.4 is 0 Å². The van der Waals surface area contributed by atoms with Gasteiger partial charge >= 0.3 is 0 Å². The Morgan fingerprint density at radius 3 is 2.09 bits per heavy atom. The Kier molecular flexibility index (Phi) is 4.67. The highest BCUT2D eigenvalue weighted by atomic mass is 16.2. The second-order valence-corrected chi connectivity index (χ2v) is 9.30. The summed E-state index contributed by atoms with van der Waals surface area (Å²) in [5.74, 6) is -1.04. The molecular weight excluding hydrogens is 394 g/mol. The largest absolute Gasteiger partial charge is 0.358 e. The summed E-state index contributed by atoms with van der Waals surface area (Å²) in [6, 6.07) is 24.0. The lowest BCUT2D eigenvalue weighted by Crippen LogP contribution is -2.62. The Morgan fingerprint density at radius 2 is 1.44 bits per heavy atom. The van der Waals surface area contributed by atoms with Crippen LogP contribution in [0.5, 0.6) is 0 Å². The SMILES string of the molecule is Cc1ccc(C2(C)C(=O)C(C(c3ccccc3)c3[nH]c4ccc(C)cc4c3C)C2=O)cc1. The van der Waals surface area contributed by atoms with Gasteiger partial charge in [-0.15, -0.1) is 0 Å². The van der Waals surface area contributed by atoms with Gasteiger partial charge in [-0.3, -0.25) is 9.59 Å². The predicted octanol–water partition coefficient (Wildman–Crippen LogP) is 5.95. The van der Waals surface area contributed by atoms with Gasteiger partial charge in [0.2, 0.25) is 0 Å². The Hall–Kier alpha value is -3.46. The molecule has 1 aliphatic rings. The number of fused-ring (bicyclic) bond motifs is 1. The highest BCUT2D eigenvalue weighted by molar-refractivity contribution is 6.32. The third-order valence-electron chi connectivity index (χ3n) is 7.23. The van der Waals surface area contributed by atoms with E-state index in [9.17, 15) is 9.59 Å². The van der Waals surface area contributed by atoms with Crippen LogP contribution in [-0.4, -0.2) is 16.6 Å². The standard InChI is InChI=1S/C29H27NO2/c1-17-10-13-21(14-11-17)29(4)27(31)25(28(29)32)24(20-8-6-5-7-9-20)26-19(3)22-16-18(2)12-15-23(22)30-26/h5-16,24-25,30H,1-4H3. The number of ketones is 2. The number of carbonyl (C=O) groups excluding carboxylic acids is 2. The minimum Gasteiger partial charge on any atom is -0.358 e. The van der Waals surface area contributed by atoms with Gasteiger partial charge in [-0.1, -0.05) is 71.8 Å². The van der Waals surface area contributed by atoms with Crippen LogP contribution in [0.25, 0.3) is 10.9 Å². The number of benzene rings is 3. The fourth-order valence-electron chi connectivity index (χ4n) is 5.22. The third kappa shape index (κ3) is 2.88. The third-order valence-corrected chi connectivity index (χ3v) is 7.23. The Balaban J connectivity index is 1.64. The van der Waals surface area contributed by atoms with Crippen molar-refractivity contribution < 1.29 is 9.59 Å². The number of rotatable bonds is 4. The van der Waals surface area contributed by atoms with Gasteiger partial charge in [0.15, 0.2) is 11.6 Å². The van der Waals surface area contributed by atoms with Crippen LogP contribution in [-0.2, 0) is 15.0 Å². The lowest BCUT2D eigenvalue weighted by Gasteiger charge is -2.45. The number of carbonyl (C=O) groups is 2. The minimum absolute atomic E-state index is 0.00515. The average Bonchev–Trinajstić information content (AvgIpc) is 3.13. The molecule has 1 atom stereocenters. The first-order chi connectivity index (χ1) is 15.3. The van der Waals surface area contributed by atoms with Crippen LogP contribution in [0.2, 0.25) is 0 Å². The van der Waals surface area contributed by atoms with Crippen molar-refractivity contribution in [1.82, 2.24) is 4.98 Å². The number of aromatic nitrogens is 1. The second kappa shape index (κ2) is 7.30. The first-order valence-corrected chi connectivity index (χ1v) is 11.1. The predicted molar refractivity (Wildman–Crippen MR) is 128 cm³/mol. The lowest BCUT2D eigenvalue weighted by atomic mass is 9.53. The molecule has 32 heavy (non-hydrogen) atoms. The van der Waals surface area contributed by atoms with E-state index in [1.807, 2.05) is 61.5 Å². The van der Waals surface area contributed by atoms with E-state index in [1.54, 1.807) is 6.92 Å². The summed E-state index contributed by atoms with van der Waals surface area (Å²) in [5, 5.41) is 1.14. The van der Waals surface area contributed by atoms with Crippen LogP contribution in [0.3, 0.4) is 0 Å². The van der Waals surface area contributed by atoms with Gasteiger partial charge in [-0.25, -0.2) is 0 Å². The number of hydrogen-bond donors (Lipinski definition) is 1. The zero-order chi connectivity index (χ0) is 22.6. The molecule has 0 bridgehead atoms.